The Labute approximate surface area is 90.5 Å². The molecule has 2 heteroatoms. The number of aromatic hydroxyl groups is 1. The van der Waals surface area contributed by atoms with Gasteiger partial charge < -0.3 is 5.11 Å². The monoisotopic (exact) mass is 210 g/mol. The molecule has 1 aromatic rings. The lowest BCUT2D eigenvalue weighted by molar-refractivity contribution is 0.458. The van der Waals surface area contributed by atoms with Gasteiger partial charge in [0, 0.05) is 4.90 Å². The van der Waals surface area contributed by atoms with Gasteiger partial charge in [-0.1, -0.05) is 19.4 Å². The molecule has 0 saturated carbocycles. The van der Waals surface area contributed by atoms with Crippen molar-refractivity contribution in [1.82, 2.24) is 0 Å². The van der Waals surface area contributed by atoms with Crippen molar-refractivity contribution < 1.29 is 5.11 Å². The summed E-state index contributed by atoms with van der Waals surface area (Å²) < 4.78 is 0. The maximum Gasteiger partial charge on any atom is 0.132 e. The van der Waals surface area contributed by atoms with Crippen molar-refractivity contribution in [2.24, 2.45) is 0 Å². The van der Waals surface area contributed by atoms with Gasteiger partial charge in [0.15, 0.2) is 0 Å². The zero-order chi connectivity index (χ0) is 10.6. The number of unbranched alkanes of at least 4 members (excludes halogenated alkanes) is 1. The van der Waals surface area contributed by atoms with Gasteiger partial charge in [-0.15, -0.1) is 11.8 Å². The van der Waals surface area contributed by atoms with Crippen LogP contribution in [0.3, 0.4) is 0 Å². The molecule has 0 aliphatic heterocycles. The molecule has 1 N–H and O–H groups in total. The highest BCUT2D eigenvalue weighted by Gasteiger charge is 2.05. The molecule has 0 saturated heterocycles. The molecule has 0 aliphatic rings. The summed E-state index contributed by atoms with van der Waals surface area (Å²) in [7, 11) is 0. The minimum atomic E-state index is 0.455. The average molecular weight is 210 g/mol. The van der Waals surface area contributed by atoms with E-state index in [2.05, 4.69) is 19.9 Å². The Hall–Kier alpha value is -0.630. The average Bonchev–Trinajstić information content (AvgIpc) is 2.13. The molecule has 1 rings (SSSR count). The fourth-order valence-corrected chi connectivity index (χ4v) is 2.58. The third-order valence-electron chi connectivity index (χ3n) is 2.17. The van der Waals surface area contributed by atoms with Gasteiger partial charge in [0.25, 0.3) is 0 Å². The first-order chi connectivity index (χ1) is 6.65. The Kier molecular flexibility index (Phi) is 4.33. The first kappa shape index (κ1) is 11.4. The van der Waals surface area contributed by atoms with E-state index in [-0.39, 0.29) is 0 Å². The van der Waals surface area contributed by atoms with E-state index in [1.807, 2.05) is 13.0 Å². The van der Waals surface area contributed by atoms with E-state index in [1.54, 1.807) is 11.8 Å². The molecule has 14 heavy (non-hydrogen) atoms. The van der Waals surface area contributed by atoms with Crippen LogP contribution in [0.2, 0.25) is 0 Å². The van der Waals surface area contributed by atoms with Crippen LogP contribution in [0, 0.1) is 13.8 Å². The highest BCUT2D eigenvalue weighted by Crippen LogP contribution is 2.32. The van der Waals surface area contributed by atoms with E-state index in [9.17, 15) is 5.11 Å². The quantitative estimate of drug-likeness (QED) is 0.601. The topological polar surface area (TPSA) is 20.2 Å². The van der Waals surface area contributed by atoms with Gasteiger partial charge in [0.05, 0.1) is 0 Å². The van der Waals surface area contributed by atoms with Crippen molar-refractivity contribution in [2.75, 3.05) is 5.75 Å². The smallest absolute Gasteiger partial charge is 0.132 e. The van der Waals surface area contributed by atoms with Crippen LogP contribution in [0.1, 0.15) is 30.9 Å². The fourth-order valence-electron chi connectivity index (χ4n) is 1.36. The summed E-state index contributed by atoms with van der Waals surface area (Å²) in [6.07, 6.45) is 2.41. The van der Waals surface area contributed by atoms with Crippen molar-refractivity contribution in [2.45, 2.75) is 38.5 Å². The molecular formula is C12H18OS. The number of phenols is 1. The number of aryl methyl sites for hydroxylation is 2. The summed E-state index contributed by atoms with van der Waals surface area (Å²) in [5.41, 5.74) is 2.20. The molecule has 0 bridgehead atoms. The largest absolute Gasteiger partial charge is 0.507 e. The van der Waals surface area contributed by atoms with Crippen LogP contribution in [0.4, 0.5) is 0 Å². The Bertz CT molecular complexity index is 307. The zero-order valence-corrected chi connectivity index (χ0v) is 9.95. The van der Waals surface area contributed by atoms with Crippen molar-refractivity contribution in [3.8, 4) is 5.75 Å². The predicted octanol–water partition coefficient (Wildman–Crippen LogP) is 3.90. The third kappa shape index (κ3) is 2.95. The number of hydrogen-bond acceptors (Lipinski definition) is 2. The van der Waals surface area contributed by atoms with Gasteiger partial charge in [0.2, 0.25) is 0 Å². The van der Waals surface area contributed by atoms with Crippen LogP contribution < -0.4 is 0 Å². The molecule has 78 valence electrons. The number of phenolic OH excluding ortho intramolecular Hbond substituents is 1. The van der Waals surface area contributed by atoms with Gasteiger partial charge in [0.1, 0.15) is 5.75 Å². The van der Waals surface area contributed by atoms with Crippen LogP contribution >= 0.6 is 11.8 Å². The van der Waals surface area contributed by atoms with Gasteiger partial charge in [-0.25, -0.2) is 0 Å². The molecule has 0 heterocycles. The Balaban J connectivity index is 2.75. The maximum atomic E-state index is 9.80. The fraction of sp³-hybridized carbons (Fsp3) is 0.500. The second-order valence-corrected chi connectivity index (χ2v) is 4.77. The highest BCUT2D eigenvalue weighted by atomic mass is 32.2. The Morgan fingerprint density at radius 2 is 2.00 bits per heavy atom. The highest BCUT2D eigenvalue weighted by molar-refractivity contribution is 7.99. The molecule has 1 nitrogen and oxygen atoms in total. The van der Waals surface area contributed by atoms with Gasteiger partial charge in [-0.3, -0.25) is 0 Å². The molecule has 0 amide bonds. The van der Waals surface area contributed by atoms with Gasteiger partial charge in [-0.05, 0) is 43.2 Å². The normalized spacial score (nSPS) is 10.5. The number of rotatable bonds is 4. The summed E-state index contributed by atoms with van der Waals surface area (Å²) in [5.74, 6) is 1.55. The molecule has 0 fully saturated rings. The molecule has 0 radical (unpaired) electrons. The lowest BCUT2D eigenvalue weighted by atomic mass is 10.1. The molecule has 0 unspecified atom stereocenters. The summed E-state index contributed by atoms with van der Waals surface area (Å²) in [4.78, 5) is 1.02. The van der Waals surface area contributed by atoms with Crippen molar-refractivity contribution in [1.29, 1.82) is 0 Å². The molecule has 0 aromatic heterocycles. The predicted molar refractivity (Wildman–Crippen MR) is 63.2 cm³/mol. The molecule has 0 spiro atoms. The molecule has 0 atom stereocenters. The Morgan fingerprint density at radius 3 is 2.64 bits per heavy atom. The first-order valence-electron chi connectivity index (χ1n) is 5.08. The van der Waals surface area contributed by atoms with Crippen molar-refractivity contribution in [3.63, 3.8) is 0 Å². The summed E-state index contributed by atoms with van der Waals surface area (Å²) in [5, 5.41) is 9.80. The number of benzene rings is 1. The van der Waals surface area contributed by atoms with Gasteiger partial charge in [-0.2, -0.15) is 0 Å². The lowest BCUT2D eigenvalue weighted by Crippen LogP contribution is -1.84. The van der Waals surface area contributed by atoms with Gasteiger partial charge >= 0.3 is 0 Å². The van der Waals surface area contributed by atoms with E-state index in [4.69, 9.17) is 0 Å². The van der Waals surface area contributed by atoms with E-state index in [1.165, 1.54) is 18.4 Å². The summed E-state index contributed by atoms with van der Waals surface area (Å²) in [6, 6.07) is 4.07. The Morgan fingerprint density at radius 1 is 1.29 bits per heavy atom. The lowest BCUT2D eigenvalue weighted by Gasteiger charge is -2.08. The second kappa shape index (κ2) is 5.30. The van der Waals surface area contributed by atoms with E-state index < -0.39 is 0 Å². The third-order valence-corrected chi connectivity index (χ3v) is 3.28. The van der Waals surface area contributed by atoms with Crippen LogP contribution in [-0.4, -0.2) is 10.9 Å². The van der Waals surface area contributed by atoms with Crippen LogP contribution in [0.5, 0.6) is 5.75 Å². The van der Waals surface area contributed by atoms with Crippen LogP contribution in [-0.2, 0) is 0 Å². The van der Waals surface area contributed by atoms with E-state index in [0.717, 1.165) is 16.2 Å². The minimum absolute atomic E-state index is 0.455. The number of thioether (sulfide) groups is 1. The second-order valence-electron chi connectivity index (χ2n) is 3.63. The van der Waals surface area contributed by atoms with Crippen LogP contribution in [0.15, 0.2) is 17.0 Å². The summed E-state index contributed by atoms with van der Waals surface area (Å²) in [6.45, 7) is 6.20. The summed E-state index contributed by atoms with van der Waals surface area (Å²) >= 11 is 1.75. The molecule has 1 aromatic carbocycles. The SMILES string of the molecule is CCCCSc1cc(C)cc(C)c1O. The zero-order valence-electron chi connectivity index (χ0n) is 9.13. The van der Waals surface area contributed by atoms with E-state index in [0.29, 0.717) is 5.75 Å². The standard InChI is InChI=1S/C12H18OS/c1-4-5-6-14-11-8-9(2)7-10(3)12(11)13/h7-8,13H,4-6H2,1-3H3. The molecule has 0 aliphatic carbocycles. The first-order valence-corrected chi connectivity index (χ1v) is 6.06. The van der Waals surface area contributed by atoms with Crippen LogP contribution in [0.25, 0.3) is 0 Å². The maximum absolute atomic E-state index is 9.80. The van der Waals surface area contributed by atoms with Crippen molar-refractivity contribution >= 4 is 11.8 Å². The minimum Gasteiger partial charge on any atom is -0.507 e. The van der Waals surface area contributed by atoms with Crippen molar-refractivity contribution in [3.05, 3.63) is 23.3 Å². The number of hydrogen-bond donors (Lipinski definition) is 1. The van der Waals surface area contributed by atoms with E-state index >= 15 is 0 Å². The molecular weight excluding hydrogens is 192 g/mol.